The van der Waals surface area contributed by atoms with Crippen LogP contribution in [0.3, 0.4) is 0 Å². The van der Waals surface area contributed by atoms with E-state index >= 15 is 0 Å². The fourth-order valence-corrected chi connectivity index (χ4v) is 14.1. The molecule has 6 aromatic rings. The number of fused-ring (bicyclic) bond motifs is 3. The topological polar surface area (TPSA) is 0 Å². The van der Waals surface area contributed by atoms with Crippen molar-refractivity contribution in [2.75, 3.05) is 0 Å². The molecule has 0 unspecified atom stereocenters. The smallest absolute Gasteiger partial charge is 0.121 e. The molecule has 6 aromatic carbocycles. The quantitative estimate of drug-likeness (QED) is 0.0275. The Morgan fingerprint density at radius 3 is 1.15 bits per heavy atom. The predicted octanol–water partition coefficient (Wildman–Crippen LogP) is 20.1. The summed E-state index contributed by atoms with van der Waals surface area (Å²) in [7, 11) is -4.24. The van der Waals surface area contributed by atoms with Gasteiger partial charge in [0, 0.05) is 16.5 Å². The van der Waals surface area contributed by atoms with Crippen molar-refractivity contribution in [1.29, 1.82) is 0 Å². The largest absolute Gasteiger partial charge is 0.156 e. The van der Waals surface area contributed by atoms with E-state index in [-0.39, 0.29) is 5.41 Å². The molecule has 0 nitrogen and oxygen atoms in total. The maximum atomic E-state index is 3.78. The lowest BCUT2D eigenvalue weighted by molar-refractivity contribution is 0.401. The van der Waals surface area contributed by atoms with Crippen molar-refractivity contribution in [3.63, 3.8) is 0 Å². The van der Waals surface area contributed by atoms with Gasteiger partial charge in [-0.2, -0.15) is 0 Å². The zero-order valence-electron chi connectivity index (χ0n) is 45.7. The van der Waals surface area contributed by atoms with Crippen LogP contribution >= 0.6 is 0 Å². The molecule has 0 fully saturated rings. The van der Waals surface area contributed by atoms with Gasteiger partial charge in [-0.1, -0.05) is 287 Å². The molecule has 0 spiro atoms. The summed E-state index contributed by atoms with van der Waals surface area (Å²) in [4.78, 5) is 0. The van der Waals surface area contributed by atoms with Crippen molar-refractivity contribution in [3.05, 3.63) is 225 Å². The van der Waals surface area contributed by atoms with Crippen molar-refractivity contribution in [2.24, 2.45) is 0 Å². The monoisotopic (exact) mass is 991 g/mol. The van der Waals surface area contributed by atoms with E-state index in [2.05, 4.69) is 258 Å². The van der Waals surface area contributed by atoms with Crippen LogP contribution < -0.4 is 0 Å². The molecular formula is C71H82Si2. The lowest BCUT2D eigenvalue weighted by Gasteiger charge is -2.33. The van der Waals surface area contributed by atoms with E-state index in [1.54, 1.807) is 11.1 Å². The molecule has 0 atom stereocenters. The van der Waals surface area contributed by atoms with Gasteiger partial charge in [-0.15, -0.1) is 11.1 Å². The fraction of sp³-hybridized carbons (Fsp3) is 0.324. The summed E-state index contributed by atoms with van der Waals surface area (Å²) >= 11 is 0. The number of allylic oxidation sites excluding steroid dienone is 4. The lowest BCUT2D eigenvalue weighted by Crippen LogP contribution is -2.26. The van der Waals surface area contributed by atoms with E-state index in [9.17, 15) is 0 Å². The van der Waals surface area contributed by atoms with Gasteiger partial charge < -0.3 is 0 Å². The SMILES string of the molecule is CCCCCCC1(CCCCCC)c2cc(C=C(CCC)C(=C[Si](C)(C)C#Cc3ccccc3)c3ccccc3)ccc2-c2ccc(C=C(CCC)C(=C[Si](C)(C)C#Cc3ccccc3)c3ccccc3)cc21. The van der Waals surface area contributed by atoms with E-state index in [4.69, 9.17) is 0 Å². The molecule has 7 rings (SSSR count). The minimum absolute atomic E-state index is 0.0598. The van der Waals surface area contributed by atoms with Crippen LogP contribution in [0.4, 0.5) is 0 Å². The Morgan fingerprint density at radius 1 is 0.425 bits per heavy atom. The van der Waals surface area contributed by atoms with Crippen molar-refractivity contribution in [2.45, 2.75) is 149 Å². The second-order valence-electron chi connectivity index (χ2n) is 21.7. The lowest BCUT2D eigenvalue weighted by atomic mass is 9.70. The summed E-state index contributed by atoms with van der Waals surface area (Å²) in [5, 5.41) is 0. The maximum Gasteiger partial charge on any atom is 0.156 e. The molecule has 0 amide bonds. The van der Waals surface area contributed by atoms with Crippen LogP contribution in [-0.2, 0) is 5.41 Å². The van der Waals surface area contributed by atoms with E-state index in [0.29, 0.717) is 0 Å². The first kappa shape index (κ1) is 54.6. The van der Waals surface area contributed by atoms with Crippen LogP contribution in [-0.4, -0.2) is 16.1 Å². The maximum absolute atomic E-state index is 3.78. The molecule has 0 saturated heterocycles. The Hall–Kier alpha value is -6.17. The van der Waals surface area contributed by atoms with Crippen molar-refractivity contribution in [1.82, 2.24) is 0 Å². The Bertz CT molecular complexity index is 2770. The first-order valence-electron chi connectivity index (χ1n) is 27.9. The van der Waals surface area contributed by atoms with Crippen LogP contribution in [0.15, 0.2) is 180 Å². The van der Waals surface area contributed by atoms with E-state index in [1.807, 2.05) is 0 Å². The minimum atomic E-state index is -2.12. The minimum Gasteiger partial charge on any atom is -0.121 e. The Labute approximate surface area is 444 Å². The Morgan fingerprint density at radius 2 is 0.795 bits per heavy atom. The van der Waals surface area contributed by atoms with Gasteiger partial charge in [-0.3, -0.25) is 0 Å². The molecule has 0 radical (unpaired) electrons. The van der Waals surface area contributed by atoms with Gasteiger partial charge in [0.1, 0.15) is 0 Å². The Kier molecular flexibility index (Phi) is 20.0. The highest BCUT2D eigenvalue weighted by Gasteiger charge is 2.42. The van der Waals surface area contributed by atoms with Crippen molar-refractivity contribution < 1.29 is 0 Å². The summed E-state index contributed by atoms with van der Waals surface area (Å²) in [5.41, 5.74) is 31.4. The van der Waals surface area contributed by atoms with Crippen LogP contribution in [0.25, 0.3) is 34.4 Å². The summed E-state index contributed by atoms with van der Waals surface area (Å²) < 4.78 is 0. The second-order valence-corrected chi connectivity index (χ2v) is 29.6. The van der Waals surface area contributed by atoms with Gasteiger partial charge in [0.25, 0.3) is 0 Å². The average molecular weight is 992 g/mol. The highest BCUT2D eigenvalue weighted by molar-refractivity contribution is 6.90. The van der Waals surface area contributed by atoms with Gasteiger partial charge >= 0.3 is 0 Å². The molecular weight excluding hydrogens is 909 g/mol. The van der Waals surface area contributed by atoms with Crippen LogP contribution in [0, 0.1) is 22.9 Å². The zero-order chi connectivity index (χ0) is 51.5. The standard InChI is InChI=1S/C71H82Si2/c1-9-13-15-29-47-71(48-30-16-14-10-2)69-53-59(51-63(31-11-3)67(61-37-25-19-26-38-61)55-72(5,6)49-45-57-33-21-17-22-34-57)41-43-65(69)66-44-42-60(54-70(66)71)52-64(32-12-4)68(62-39-27-20-28-40-62)56-73(7,8)50-46-58-35-23-18-24-36-58/h17-28,33-44,51-56H,9-16,29-32,47-48H2,1-8H3. The summed E-state index contributed by atoms with van der Waals surface area (Å²) in [6, 6.07) is 58.2. The van der Waals surface area contributed by atoms with E-state index in [1.165, 1.54) is 120 Å². The van der Waals surface area contributed by atoms with Gasteiger partial charge in [-0.05, 0) is 117 Å². The molecule has 1 aliphatic rings. The van der Waals surface area contributed by atoms with Gasteiger partial charge in [0.2, 0.25) is 0 Å². The van der Waals surface area contributed by atoms with E-state index < -0.39 is 16.1 Å². The van der Waals surface area contributed by atoms with Crippen LogP contribution in [0.5, 0.6) is 0 Å². The summed E-state index contributed by atoms with van der Waals surface area (Å²) in [5.74, 6) is 7.09. The molecule has 0 N–H and O–H groups in total. The molecule has 2 heteroatoms. The predicted molar refractivity (Wildman–Crippen MR) is 326 cm³/mol. The van der Waals surface area contributed by atoms with Gasteiger partial charge in [-0.25, -0.2) is 0 Å². The van der Waals surface area contributed by atoms with Crippen LogP contribution in [0.1, 0.15) is 162 Å². The third-order valence-electron chi connectivity index (χ3n) is 14.5. The average Bonchev–Trinajstić information content (AvgIpc) is 3.67. The van der Waals surface area contributed by atoms with E-state index in [0.717, 1.165) is 36.8 Å². The molecule has 1 aliphatic carbocycles. The molecule has 0 aliphatic heterocycles. The van der Waals surface area contributed by atoms with Crippen LogP contribution in [0.2, 0.25) is 26.2 Å². The molecule has 73 heavy (non-hydrogen) atoms. The number of benzene rings is 6. The first-order chi connectivity index (χ1) is 35.5. The fourth-order valence-electron chi connectivity index (χ4n) is 10.9. The molecule has 0 bridgehead atoms. The van der Waals surface area contributed by atoms with Gasteiger partial charge in [0.05, 0.1) is 0 Å². The summed E-state index contributed by atoms with van der Waals surface area (Å²) in [6.45, 7) is 18.9. The van der Waals surface area contributed by atoms with Crippen molar-refractivity contribution >= 4 is 39.4 Å². The third-order valence-corrected chi connectivity index (χ3v) is 18.1. The number of unbranched alkanes of at least 4 members (excludes halogenated alkanes) is 6. The molecule has 0 saturated carbocycles. The Balaban J connectivity index is 1.37. The zero-order valence-corrected chi connectivity index (χ0v) is 47.7. The normalized spacial score (nSPS) is 13.6. The molecule has 374 valence electrons. The highest BCUT2D eigenvalue weighted by atomic mass is 28.3. The highest BCUT2D eigenvalue weighted by Crippen LogP contribution is 2.55. The number of hydrogen-bond donors (Lipinski definition) is 0. The molecule has 0 aromatic heterocycles. The first-order valence-corrected chi connectivity index (χ1v) is 34.1. The summed E-state index contributed by atoms with van der Waals surface area (Å²) in [6.07, 6.45) is 21.6. The third kappa shape index (κ3) is 15.0. The number of rotatable bonds is 22. The number of hydrogen-bond acceptors (Lipinski definition) is 0. The molecule has 0 heterocycles. The second kappa shape index (κ2) is 26.7. The van der Waals surface area contributed by atoms with Crippen molar-refractivity contribution in [3.8, 4) is 34.1 Å². The van der Waals surface area contributed by atoms with Gasteiger partial charge in [0.15, 0.2) is 16.1 Å².